The molecule has 1 aromatic heterocycles. The molecule has 12 nitrogen and oxygen atoms in total. The number of amides is 1. The van der Waals surface area contributed by atoms with Crippen molar-refractivity contribution in [1.29, 1.82) is 10.5 Å². The number of phenolic OH excluding ortho intramolecular Hbond substituents is 1. The fourth-order valence-electron chi connectivity index (χ4n) is 5.48. The second-order valence-electron chi connectivity index (χ2n) is 10.8. The average Bonchev–Trinajstić information content (AvgIpc) is 3.10. The third-order valence-corrected chi connectivity index (χ3v) is 9.38. The van der Waals surface area contributed by atoms with Gasteiger partial charge in [-0.3, -0.25) is 10.0 Å². The van der Waals surface area contributed by atoms with Crippen LogP contribution in [0.4, 0.5) is 10.2 Å². The number of hydrogen-bond acceptors (Lipinski definition) is 10. The number of aromatic hydroxyl groups is 1. The summed E-state index contributed by atoms with van der Waals surface area (Å²) in [6, 6.07) is 18.3. The number of carbonyl (C=O) groups excluding carboxylic acids is 1. The number of pyridine rings is 1. The lowest BCUT2D eigenvalue weighted by Gasteiger charge is -2.34. The first-order valence-corrected chi connectivity index (χ1v) is 16.1. The van der Waals surface area contributed by atoms with Crippen LogP contribution in [0.15, 0.2) is 77.8 Å². The number of anilines is 1. The number of phenols is 1. The smallest absolute Gasteiger partial charge is 0.267 e. The quantitative estimate of drug-likeness (QED) is 0.112. The highest BCUT2D eigenvalue weighted by atomic mass is 32.2. The van der Waals surface area contributed by atoms with E-state index < -0.39 is 27.8 Å². The number of hydroxylamine groups is 1. The van der Waals surface area contributed by atoms with Crippen molar-refractivity contribution < 1.29 is 32.7 Å². The summed E-state index contributed by atoms with van der Waals surface area (Å²) in [5.74, 6) is -1.09. The number of hydrogen-bond donors (Lipinski definition) is 4. The van der Waals surface area contributed by atoms with Gasteiger partial charge in [0.25, 0.3) is 5.91 Å². The summed E-state index contributed by atoms with van der Waals surface area (Å²) in [5.41, 5.74) is 3.51. The van der Waals surface area contributed by atoms with Crippen LogP contribution in [0.2, 0.25) is 0 Å². The summed E-state index contributed by atoms with van der Waals surface area (Å²) in [5, 5.41) is 38.8. The number of aromatic nitrogens is 1. The molecule has 1 aliphatic rings. The lowest BCUT2D eigenvalue weighted by molar-refractivity contribution is -0.124. The number of ether oxygens (including phenoxy) is 1. The molecule has 0 radical (unpaired) electrons. The summed E-state index contributed by atoms with van der Waals surface area (Å²) in [7, 11) is -2.51. The molecule has 1 saturated heterocycles. The molecule has 0 spiro atoms. The highest BCUT2D eigenvalue weighted by Gasteiger charge is 2.28. The van der Waals surface area contributed by atoms with Gasteiger partial charge in [-0.15, -0.1) is 0 Å². The molecule has 2 heterocycles. The Morgan fingerprint density at radius 2 is 1.83 bits per heavy atom. The molecule has 1 aliphatic heterocycles. The molecule has 1 amide bonds. The Bertz CT molecular complexity index is 2100. The van der Waals surface area contributed by atoms with Gasteiger partial charge in [0.2, 0.25) is 10.0 Å². The second kappa shape index (κ2) is 14.3. The molecule has 1 fully saturated rings. The third-order valence-electron chi connectivity index (χ3n) is 7.86. The predicted octanol–water partition coefficient (Wildman–Crippen LogP) is 4.48. The fourth-order valence-corrected chi connectivity index (χ4v) is 6.84. The Morgan fingerprint density at radius 3 is 2.48 bits per heavy atom. The Hall–Kier alpha value is -5.80. The molecule has 0 atom stereocenters. The fraction of sp³-hybridized carbons (Fsp3) is 0.176. The number of carbonyl (C=O) groups is 1. The van der Waals surface area contributed by atoms with Crippen molar-refractivity contribution >= 4 is 27.8 Å². The number of halogens is 1. The first-order valence-electron chi connectivity index (χ1n) is 14.6. The van der Waals surface area contributed by atoms with E-state index in [1.165, 1.54) is 61.3 Å². The van der Waals surface area contributed by atoms with Gasteiger partial charge < -0.3 is 14.7 Å². The summed E-state index contributed by atoms with van der Waals surface area (Å²) in [6.07, 6.45) is 4.73. The first-order chi connectivity index (χ1) is 23.1. The van der Waals surface area contributed by atoms with Crippen LogP contribution in [0.1, 0.15) is 29.5 Å². The van der Waals surface area contributed by atoms with Gasteiger partial charge in [0.1, 0.15) is 29.3 Å². The van der Waals surface area contributed by atoms with Crippen molar-refractivity contribution in [2.75, 3.05) is 25.1 Å². The zero-order valence-corrected chi connectivity index (χ0v) is 26.3. The molecule has 5 rings (SSSR count). The topological polar surface area (TPSA) is 189 Å². The molecule has 3 aromatic carbocycles. The number of benzene rings is 3. The molecule has 0 unspecified atom stereocenters. The van der Waals surface area contributed by atoms with Crippen LogP contribution in [-0.2, 0) is 14.8 Å². The number of sulfonamides is 1. The van der Waals surface area contributed by atoms with Gasteiger partial charge in [-0.05, 0) is 72.0 Å². The molecule has 48 heavy (non-hydrogen) atoms. The lowest BCUT2D eigenvalue weighted by Crippen LogP contribution is -2.45. The van der Waals surface area contributed by atoms with Crippen LogP contribution in [0.3, 0.4) is 0 Å². The minimum atomic E-state index is -3.93. The van der Waals surface area contributed by atoms with E-state index in [-0.39, 0.29) is 27.5 Å². The maximum atomic E-state index is 14.9. The van der Waals surface area contributed by atoms with Crippen molar-refractivity contribution in [3.8, 4) is 45.9 Å². The molecular formula is C34H29FN6O6S. The first kappa shape index (κ1) is 33.6. The van der Waals surface area contributed by atoms with Gasteiger partial charge in [0.15, 0.2) is 11.5 Å². The summed E-state index contributed by atoms with van der Waals surface area (Å²) in [6.45, 7) is 0.690. The Morgan fingerprint density at radius 1 is 1.08 bits per heavy atom. The van der Waals surface area contributed by atoms with Crippen LogP contribution >= 0.6 is 0 Å². The lowest BCUT2D eigenvalue weighted by atomic mass is 9.91. The average molecular weight is 669 g/mol. The van der Waals surface area contributed by atoms with Gasteiger partial charge in [-0.25, -0.2) is 28.0 Å². The monoisotopic (exact) mass is 668 g/mol. The molecule has 0 saturated carbocycles. The van der Waals surface area contributed by atoms with Gasteiger partial charge >= 0.3 is 0 Å². The highest BCUT2D eigenvalue weighted by molar-refractivity contribution is 7.89. The largest absolute Gasteiger partial charge is 0.504 e. The standard InChI is InChI=1S/C34H29FN6O6S/c1-47-31-9-8-22(17-30(31)42)28-20-38-34(27(19-37)33(28)23-6-7-24(18-36)29(35)16-23)41-13-11-25(12-14-41)40-48(45,46)26-4-2-3-21(15-26)5-10-32(43)39-44/h2-10,15-17,20,25,40,42,44H,11-14H2,1H3,(H,39,43)/b10-5+. The van der Waals surface area contributed by atoms with E-state index in [1.807, 2.05) is 4.90 Å². The van der Waals surface area contributed by atoms with Crippen LogP contribution < -0.4 is 19.8 Å². The highest BCUT2D eigenvalue weighted by Crippen LogP contribution is 2.41. The van der Waals surface area contributed by atoms with E-state index in [2.05, 4.69) is 15.8 Å². The number of nitrogens with zero attached hydrogens (tertiary/aromatic N) is 4. The van der Waals surface area contributed by atoms with E-state index in [0.717, 1.165) is 6.08 Å². The van der Waals surface area contributed by atoms with Gasteiger partial charge in [-0.1, -0.05) is 24.3 Å². The molecule has 0 aliphatic carbocycles. The van der Waals surface area contributed by atoms with Crippen LogP contribution in [0.5, 0.6) is 11.5 Å². The number of piperidine rings is 1. The van der Waals surface area contributed by atoms with E-state index in [0.29, 0.717) is 59.6 Å². The van der Waals surface area contributed by atoms with Gasteiger partial charge in [0.05, 0.1) is 17.6 Å². The van der Waals surface area contributed by atoms with Crippen molar-refractivity contribution in [2.24, 2.45) is 0 Å². The maximum Gasteiger partial charge on any atom is 0.267 e. The molecule has 14 heteroatoms. The van der Waals surface area contributed by atoms with E-state index in [4.69, 9.17) is 9.94 Å². The molecular weight excluding hydrogens is 639 g/mol. The third kappa shape index (κ3) is 7.11. The Labute approximate surface area is 276 Å². The van der Waals surface area contributed by atoms with Crippen molar-refractivity contribution in [3.63, 3.8) is 0 Å². The van der Waals surface area contributed by atoms with Crippen molar-refractivity contribution in [2.45, 2.75) is 23.8 Å². The minimum absolute atomic E-state index is 0.00404. The zero-order valence-electron chi connectivity index (χ0n) is 25.5. The number of rotatable bonds is 9. The van der Waals surface area contributed by atoms with Crippen molar-refractivity contribution in [3.05, 3.63) is 95.4 Å². The summed E-state index contributed by atoms with van der Waals surface area (Å²) in [4.78, 5) is 17.8. The maximum absolute atomic E-state index is 14.9. The minimum Gasteiger partial charge on any atom is -0.504 e. The van der Waals surface area contributed by atoms with Crippen molar-refractivity contribution in [1.82, 2.24) is 15.2 Å². The van der Waals surface area contributed by atoms with Crippen LogP contribution in [-0.4, -0.2) is 55.9 Å². The Balaban J connectivity index is 1.43. The molecule has 4 aromatic rings. The number of nitrogens with one attached hydrogen (secondary N) is 2. The Kier molecular flexibility index (Phi) is 10.0. The van der Waals surface area contributed by atoms with Gasteiger partial charge in [-0.2, -0.15) is 10.5 Å². The second-order valence-corrected chi connectivity index (χ2v) is 12.5. The number of nitriles is 2. The zero-order chi connectivity index (χ0) is 34.4. The summed E-state index contributed by atoms with van der Waals surface area (Å²) >= 11 is 0. The predicted molar refractivity (Wildman–Crippen MR) is 174 cm³/mol. The molecule has 4 N–H and O–H groups in total. The molecule has 0 bridgehead atoms. The number of methoxy groups -OCH3 is 1. The van der Waals surface area contributed by atoms with Crippen LogP contribution in [0, 0.1) is 28.5 Å². The van der Waals surface area contributed by atoms with E-state index in [1.54, 1.807) is 30.3 Å². The van der Waals surface area contributed by atoms with E-state index >= 15 is 0 Å². The van der Waals surface area contributed by atoms with E-state index in [9.17, 15) is 33.2 Å². The SMILES string of the molecule is COc1ccc(-c2cnc(N3CCC(NS(=O)(=O)c4cccc(/C=C/C(=O)NO)c4)CC3)c(C#N)c2-c2ccc(C#N)c(F)c2)cc1O. The normalized spacial score (nSPS) is 13.6. The van der Waals surface area contributed by atoms with Crippen LogP contribution in [0.25, 0.3) is 28.3 Å². The van der Waals surface area contributed by atoms with Gasteiger partial charge in [0, 0.05) is 42.5 Å². The molecule has 244 valence electrons. The summed E-state index contributed by atoms with van der Waals surface area (Å²) < 4.78 is 49.2.